The van der Waals surface area contributed by atoms with Gasteiger partial charge in [0.15, 0.2) is 0 Å². The van der Waals surface area contributed by atoms with Crippen molar-refractivity contribution in [3.63, 3.8) is 0 Å². The third kappa shape index (κ3) is 2.30. The van der Waals surface area contributed by atoms with Gasteiger partial charge in [0.05, 0.1) is 11.7 Å². The summed E-state index contributed by atoms with van der Waals surface area (Å²) in [5.74, 6) is 0.339. The van der Waals surface area contributed by atoms with Crippen LogP contribution in [0.5, 0.6) is 0 Å². The highest BCUT2D eigenvalue weighted by molar-refractivity contribution is 5.29. The fraction of sp³-hybridized carbons (Fsp3) is 0.867. The molecule has 2 aliphatic rings. The Morgan fingerprint density at radius 3 is 2.41 bits per heavy atom. The van der Waals surface area contributed by atoms with Gasteiger partial charge in [-0.05, 0) is 69.8 Å². The Morgan fingerprint density at radius 2 is 1.82 bits per heavy atom. The van der Waals surface area contributed by atoms with Gasteiger partial charge in [-0.2, -0.15) is 0 Å². The van der Waals surface area contributed by atoms with Crippen LogP contribution in [0.1, 0.15) is 59.8 Å². The Hall–Kier alpha value is -0.340. The normalized spacial score (nSPS) is 39.2. The lowest BCUT2D eigenvalue weighted by Crippen LogP contribution is -2.41. The zero-order chi connectivity index (χ0) is 12.8. The fourth-order valence-corrected chi connectivity index (χ4v) is 3.63. The zero-order valence-electron chi connectivity index (χ0n) is 11.6. The molecule has 0 aromatic heterocycles. The standard InChI is InChI=1S/C15H26O2/c1-10-12-9-11(14(2,3)17)5-7-15(12,4)8-6-13(10)16/h11,13,16-17H,5-9H2,1-4H3/t11-,13?,15+/m1/s1. The predicted octanol–water partition coefficient (Wildman–Crippen LogP) is 3.03. The van der Waals surface area contributed by atoms with Gasteiger partial charge in [0.2, 0.25) is 0 Å². The van der Waals surface area contributed by atoms with Crippen molar-refractivity contribution in [1.29, 1.82) is 0 Å². The maximum Gasteiger partial charge on any atom is 0.0750 e. The number of aliphatic hydroxyl groups is 2. The Bertz CT molecular complexity index is 337. The first-order chi connectivity index (χ1) is 7.74. The molecule has 2 nitrogen and oxygen atoms in total. The van der Waals surface area contributed by atoms with Crippen molar-refractivity contribution in [2.75, 3.05) is 0 Å². The summed E-state index contributed by atoms with van der Waals surface area (Å²) in [6, 6.07) is 0. The van der Waals surface area contributed by atoms with Crippen molar-refractivity contribution >= 4 is 0 Å². The molecule has 0 spiro atoms. The molecule has 0 aliphatic heterocycles. The molecular formula is C15H26O2. The van der Waals surface area contributed by atoms with E-state index >= 15 is 0 Å². The van der Waals surface area contributed by atoms with Crippen LogP contribution < -0.4 is 0 Å². The van der Waals surface area contributed by atoms with E-state index in [1.54, 1.807) is 0 Å². The van der Waals surface area contributed by atoms with Gasteiger partial charge in [-0.25, -0.2) is 0 Å². The smallest absolute Gasteiger partial charge is 0.0750 e. The summed E-state index contributed by atoms with van der Waals surface area (Å²) >= 11 is 0. The average molecular weight is 238 g/mol. The molecule has 1 fully saturated rings. The van der Waals surface area contributed by atoms with E-state index in [-0.39, 0.29) is 11.5 Å². The minimum atomic E-state index is -0.600. The Morgan fingerprint density at radius 1 is 1.24 bits per heavy atom. The van der Waals surface area contributed by atoms with Crippen molar-refractivity contribution in [2.24, 2.45) is 11.3 Å². The molecule has 0 radical (unpaired) electrons. The number of hydrogen-bond donors (Lipinski definition) is 2. The maximum absolute atomic E-state index is 10.2. The lowest BCUT2D eigenvalue weighted by molar-refractivity contribution is -0.00731. The monoisotopic (exact) mass is 238 g/mol. The average Bonchev–Trinajstić information content (AvgIpc) is 2.22. The van der Waals surface area contributed by atoms with Gasteiger partial charge in [-0.1, -0.05) is 12.5 Å². The van der Waals surface area contributed by atoms with E-state index in [0.717, 1.165) is 32.1 Å². The summed E-state index contributed by atoms with van der Waals surface area (Å²) in [6.07, 6.45) is 4.97. The van der Waals surface area contributed by atoms with Gasteiger partial charge in [-0.3, -0.25) is 0 Å². The Balaban J connectivity index is 2.29. The van der Waals surface area contributed by atoms with Gasteiger partial charge in [-0.15, -0.1) is 0 Å². The van der Waals surface area contributed by atoms with E-state index in [9.17, 15) is 10.2 Å². The number of rotatable bonds is 1. The maximum atomic E-state index is 10.2. The van der Waals surface area contributed by atoms with E-state index < -0.39 is 5.60 Å². The first-order valence-electron chi connectivity index (χ1n) is 6.84. The summed E-state index contributed by atoms with van der Waals surface area (Å²) in [5.41, 5.74) is 2.28. The second-order valence-electron chi connectivity index (χ2n) is 6.87. The largest absolute Gasteiger partial charge is 0.390 e. The van der Waals surface area contributed by atoms with Crippen LogP contribution in [0.4, 0.5) is 0 Å². The second-order valence-corrected chi connectivity index (χ2v) is 6.87. The zero-order valence-corrected chi connectivity index (χ0v) is 11.6. The van der Waals surface area contributed by atoms with Crippen LogP contribution >= 0.6 is 0 Å². The van der Waals surface area contributed by atoms with E-state index in [0.29, 0.717) is 5.92 Å². The first kappa shape index (κ1) is 13.1. The van der Waals surface area contributed by atoms with Gasteiger partial charge in [0.1, 0.15) is 0 Å². The molecule has 0 saturated heterocycles. The van der Waals surface area contributed by atoms with Crippen LogP contribution in [0.2, 0.25) is 0 Å². The molecule has 98 valence electrons. The molecule has 0 amide bonds. The van der Waals surface area contributed by atoms with Crippen LogP contribution in [0.25, 0.3) is 0 Å². The molecule has 0 aromatic rings. The fourth-order valence-electron chi connectivity index (χ4n) is 3.63. The van der Waals surface area contributed by atoms with E-state index in [4.69, 9.17) is 0 Å². The van der Waals surface area contributed by atoms with Crippen LogP contribution in [0, 0.1) is 11.3 Å². The van der Waals surface area contributed by atoms with Crippen LogP contribution in [0.3, 0.4) is 0 Å². The van der Waals surface area contributed by atoms with E-state index in [1.165, 1.54) is 11.1 Å². The lowest BCUT2D eigenvalue weighted by Gasteiger charge is -2.47. The van der Waals surface area contributed by atoms with Gasteiger partial charge >= 0.3 is 0 Å². The second kappa shape index (κ2) is 4.10. The minimum Gasteiger partial charge on any atom is -0.390 e. The molecule has 0 aromatic carbocycles. The Labute approximate surface area is 105 Å². The van der Waals surface area contributed by atoms with Crippen molar-refractivity contribution in [1.82, 2.24) is 0 Å². The first-order valence-corrected chi connectivity index (χ1v) is 6.84. The summed E-state index contributed by atoms with van der Waals surface area (Å²) in [7, 11) is 0. The molecule has 1 unspecified atom stereocenters. The molecular weight excluding hydrogens is 212 g/mol. The van der Waals surface area contributed by atoms with Crippen LogP contribution in [-0.4, -0.2) is 21.9 Å². The third-order valence-corrected chi connectivity index (χ3v) is 5.17. The molecule has 0 bridgehead atoms. The lowest BCUT2D eigenvalue weighted by atomic mass is 9.59. The van der Waals surface area contributed by atoms with Crippen molar-refractivity contribution in [2.45, 2.75) is 71.5 Å². The molecule has 2 N–H and O–H groups in total. The van der Waals surface area contributed by atoms with Crippen molar-refractivity contribution in [3.05, 3.63) is 11.1 Å². The Kier molecular flexibility index (Phi) is 3.16. The molecule has 17 heavy (non-hydrogen) atoms. The van der Waals surface area contributed by atoms with Crippen LogP contribution in [0.15, 0.2) is 11.1 Å². The third-order valence-electron chi connectivity index (χ3n) is 5.17. The predicted molar refractivity (Wildman–Crippen MR) is 69.7 cm³/mol. The highest BCUT2D eigenvalue weighted by Crippen LogP contribution is 2.52. The molecule has 2 aliphatic carbocycles. The van der Waals surface area contributed by atoms with E-state index in [2.05, 4.69) is 13.8 Å². The molecule has 2 heteroatoms. The number of fused-ring (bicyclic) bond motifs is 1. The van der Waals surface area contributed by atoms with E-state index in [1.807, 2.05) is 13.8 Å². The minimum absolute atomic E-state index is 0.251. The van der Waals surface area contributed by atoms with Crippen LogP contribution in [-0.2, 0) is 0 Å². The number of aliphatic hydroxyl groups excluding tert-OH is 1. The summed E-state index contributed by atoms with van der Waals surface area (Å²) in [5, 5.41) is 20.2. The topological polar surface area (TPSA) is 40.5 Å². The number of allylic oxidation sites excluding steroid dienone is 1. The highest BCUT2D eigenvalue weighted by Gasteiger charge is 2.43. The SMILES string of the molecule is CC1=C2C[C@H](C(C)(C)O)CC[C@@]2(C)CCC1O. The van der Waals surface area contributed by atoms with Gasteiger partial charge < -0.3 is 10.2 Å². The summed E-state index contributed by atoms with van der Waals surface area (Å²) in [4.78, 5) is 0. The number of hydrogen-bond acceptors (Lipinski definition) is 2. The quantitative estimate of drug-likeness (QED) is 0.689. The summed E-state index contributed by atoms with van der Waals surface area (Å²) in [6.45, 7) is 8.23. The molecule has 1 saturated carbocycles. The van der Waals surface area contributed by atoms with Gasteiger partial charge in [0.25, 0.3) is 0 Å². The molecule has 3 atom stereocenters. The molecule has 2 rings (SSSR count). The van der Waals surface area contributed by atoms with Crippen molar-refractivity contribution < 1.29 is 10.2 Å². The van der Waals surface area contributed by atoms with Gasteiger partial charge in [0, 0.05) is 0 Å². The molecule has 0 heterocycles. The van der Waals surface area contributed by atoms with Crippen molar-refractivity contribution in [3.8, 4) is 0 Å². The highest BCUT2D eigenvalue weighted by atomic mass is 16.3. The summed E-state index contributed by atoms with van der Waals surface area (Å²) < 4.78 is 0.